The number of rotatable bonds is 12. The van der Waals surface area contributed by atoms with E-state index in [9.17, 15) is 9.90 Å². The average Bonchev–Trinajstić information content (AvgIpc) is 3.27. The maximum atomic E-state index is 11.2. The Balaban J connectivity index is 0.000000479. The topological polar surface area (TPSA) is 102 Å². The number of hydrogen-bond donors (Lipinski definition) is 1. The largest absolute Gasteiger partial charge is 0.504 e. The van der Waals surface area contributed by atoms with Crippen molar-refractivity contribution in [2.24, 2.45) is 0 Å². The smallest absolute Gasteiger partial charge is 0.309 e. The van der Waals surface area contributed by atoms with E-state index in [1.807, 2.05) is 24.3 Å². The van der Waals surface area contributed by atoms with E-state index in [1.165, 1.54) is 7.11 Å². The number of ether oxygens (including phenoxy) is 7. The van der Waals surface area contributed by atoms with Gasteiger partial charge in [0, 0.05) is 38.7 Å². The highest BCUT2D eigenvalue weighted by molar-refractivity contribution is 5.72. The summed E-state index contributed by atoms with van der Waals surface area (Å²) in [5, 5.41) is 9.97. The first-order valence-corrected chi connectivity index (χ1v) is 10.5. The van der Waals surface area contributed by atoms with Gasteiger partial charge in [0.05, 0.1) is 33.4 Å². The highest BCUT2D eigenvalue weighted by atomic mass is 16.7. The van der Waals surface area contributed by atoms with Crippen molar-refractivity contribution in [3.63, 3.8) is 0 Å². The summed E-state index contributed by atoms with van der Waals surface area (Å²) in [4.78, 5) is 11.2. The average molecular weight is 465 g/mol. The van der Waals surface area contributed by atoms with E-state index in [0.29, 0.717) is 45.6 Å². The molecule has 0 aliphatic carbocycles. The second-order valence-corrected chi connectivity index (χ2v) is 6.99. The number of fused-ring (bicyclic) bond motifs is 1. The number of esters is 1. The molecule has 1 heterocycles. The zero-order valence-electron chi connectivity index (χ0n) is 19.3. The van der Waals surface area contributed by atoms with Gasteiger partial charge in [-0.1, -0.05) is 12.1 Å². The Kier molecular flexibility index (Phi) is 11.9. The summed E-state index contributed by atoms with van der Waals surface area (Å²) in [7, 11) is 4.50. The van der Waals surface area contributed by atoms with Crippen LogP contribution in [0.3, 0.4) is 0 Å². The van der Waals surface area contributed by atoms with Crippen LogP contribution in [0.25, 0.3) is 0 Å². The lowest BCUT2D eigenvalue weighted by molar-refractivity contribution is -0.139. The molecule has 9 nitrogen and oxygen atoms in total. The summed E-state index contributed by atoms with van der Waals surface area (Å²) in [6.07, 6.45) is 1.73. The van der Waals surface area contributed by atoms with E-state index in [0.717, 1.165) is 29.0 Å². The Hall–Kier alpha value is -3.01. The molecule has 0 bridgehead atoms. The summed E-state index contributed by atoms with van der Waals surface area (Å²) in [6, 6.07) is 10.8. The third kappa shape index (κ3) is 9.56. The third-order valence-corrected chi connectivity index (χ3v) is 4.49. The highest BCUT2D eigenvalue weighted by Gasteiger charge is 2.16. The monoisotopic (exact) mass is 464 g/mol. The van der Waals surface area contributed by atoms with Crippen LogP contribution in [-0.2, 0) is 36.6 Å². The summed E-state index contributed by atoms with van der Waals surface area (Å²) in [6.45, 7) is 2.15. The molecule has 1 aliphatic heterocycles. The first-order chi connectivity index (χ1) is 16.1. The minimum atomic E-state index is -0.268. The van der Waals surface area contributed by atoms with Crippen LogP contribution in [0.5, 0.6) is 23.0 Å². The van der Waals surface area contributed by atoms with Crippen LogP contribution in [0, 0.1) is 0 Å². The Bertz CT molecular complexity index is 833. The normalized spacial score (nSPS) is 11.6. The van der Waals surface area contributed by atoms with Gasteiger partial charge in [-0.25, -0.2) is 0 Å². The van der Waals surface area contributed by atoms with Crippen molar-refractivity contribution in [1.82, 2.24) is 0 Å². The molecule has 2 aromatic rings. The van der Waals surface area contributed by atoms with E-state index in [4.69, 9.17) is 14.2 Å². The van der Waals surface area contributed by atoms with Crippen LogP contribution in [-0.4, -0.2) is 65.8 Å². The molecule has 33 heavy (non-hydrogen) atoms. The molecule has 0 spiro atoms. The Labute approximate surface area is 194 Å². The van der Waals surface area contributed by atoms with Crippen LogP contribution >= 0.6 is 0 Å². The van der Waals surface area contributed by atoms with Gasteiger partial charge in [0.25, 0.3) is 0 Å². The van der Waals surface area contributed by atoms with Crippen molar-refractivity contribution < 1.29 is 43.1 Å². The van der Waals surface area contributed by atoms with Crippen molar-refractivity contribution in [2.45, 2.75) is 19.3 Å². The highest BCUT2D eigenvalue weighted by Crippen LogP contribution is 2.36. The lowest BCUT2D eigenvalue weighted by Crippen LogP contribution is -2.06. The number of aromatic hydroxyl groups is 1. The van der Waals surface area contributed by atoms with Crippen molar-refractivity contribution in [2.75, 3.05) is 54.7 Å². The molecule has 0 aromatic heterocycles. The molecule has 0 saturated carbocycles. The SMILES string of the molecule is COC(=O)Cc1ccc(OCCCOc2cc3c(cc2O)CCO3)cc1.COCOCOC. The van der Waals surface area contributed by atoms with Gasteiger partial charge < -0.3 is 38.3 Å². The van der Waals surface area contributed by atoms with Crippen molar-refractivity contribution in [1.29, 1.82) is 0 Å². The Morgan fingerprint density at radius 3 is 2.36 bits per heavy atom. The van der Waals surface area contributed by atoms with E-state index in [2.05, 4.69) is 18.9 Å². The third-order valence-electron chi connectivity index (χ3n) is 4.49. The van der Waals surface area contributed by atoms with Gasteiger partial charge >= 0.3 is 5.97 Å². The quantitative estimate of drug-likeness (QED) is 0.288. The maximum Gasteiger partial charge on any atom is 0.309 e. The van der Waals surface area contributed by atoms with Crippen LogP contribution in [0.4, 0.5) is 0 Å². The van der Waals surface area contributed by atoms with Crippen molar-refractivity contribution in [3.05, 3.63) is 47.5 Å². The number of phenols is 1. The fourth-order valence-corrected chi connectivity index (χ4v) is 2.88. The van der Waals surface area contributed by atoms with E-state index in [1.54, 1.807) is 26.4 Å². The molecule has 0 radical (unpaired) electrons. The molecule has 9 heteroatoms. The van der Waals surface area contributed by atoms with Gasteiger partial charge in [-0.15, -0.1) is 0 Å². The lowest BCUT2D eigenvalue weighted by Gasteiger charge is -2.11. The summed E-state index contributed by atoms with van der Waals surface area (Å²) in [5.74, 6) is 1.80. The molecule has 1 N–H and O–H groups in total. The first kappa shape index (κ1) is 26.2. The maximum absolute atomic E-state index is 11.2. The molecular weight excluding hydrogens is 432 g/mol. The predicted molar refractivity (Wildman–Crippen MR) is 120 cm³/mol. The Morgan fingerprint density at radius 1 is 1.00 bits per heavy atom. The summed E-state index contributed by atoms with van der Waals surface area (Å²) < 4.78 is 35.1. The fourth-order valence-electron chi connectivity index (χ4n) is 2.88. The standard InChI is InChI=1S/C20H22O6.C4H10O3/c1-23-20(22)11-14-3-5-16(6-4-14)24-8-2-9-25-19-13-18-15(7-10-26-18)12-17(19)21;1-5-3-7-4-6-2/h3-6,12-13,21H,2,7-11H2,1H3;3-4H2,1-2H3. The molecule has 0 saturated heterocycles. The zero-order chi connectivity index (χ0) is 23.9. The molecule has 0 amide bonds. The number of hydrogen-bond acceptors (Lipinski definition) is 9. The Morgan fingerprint density at radius 2 is 1.70 bits per heavy atom. The van der Waals surface area contributed by atoms with E-state index >= 15 is 0 Å². The lowest BCUT2D eigenvalue weighted by atomic mass is 10.1. The van der Waals surface area contributed by atoms with E-state index in [-0.39, 0.29) is 18.1 Å². The van der Waals surface area contributed by atoms with Gasteiger partial charge in [-0.05, 0) is 23.8 Å². The van der Waals surface area contributed by atoms with Crippen molar-refractivity contribution >= 4 is 5.97 Å². The number of benzene rings is 2. The minimum Gasteiger partial charge on any atom is -0.504 e. The van der Waals surface area contributed by atoms with Gasteiger partial charge in [-0.2, -0.15) is 0 Å². The molecular formula is C24H32O9. The van der Waals surface area contributed by atoms with Crippen LogP contribution in [0.15, 0.2) is 36.4 Å². The molecule has 0 atom stereocenters. The minimum absolute atomic E-state index is 0.136. The van der Waals surface area contributed by atoms with Gasteiger partial charge in [-0.3, -0.25) is 4.79 Å². The number of methoxy groups -OCH3 is 3. The number of carbonyl (C=O) groups excluding carboxylic acids is 1. The molecule has 3 rings (SSSR count). The molecule has 182 valence electrons. The number of phenolic OH excluding ortho intramolecular Hbond substituents is 1. The van der Waals surface area contributed by atoms with Crippen molar-refractivity contribution in [3.8, 4) is 23.0 Å². The summed E-state index contributed by atoms with van der Waals surface area (Å²) in [5.41, 5.74) is 1.88. The first-order valence-electron chi connectivity index (χ1n) is 10.5. The second-order valence-electron chi connectivity index (χ2n) is 6.99. The van der Waals surface area contributed by atoms with Gasteiger partial charge in [0.2, 0.25) is 0 Å². The molecule has 1 aliphatic rings. The summed E-state index contributed by atoms with van der Waals surface area (Å²) >= 11 is 0. The molecule has 0 fully saturated rings. The zero-order valence-corrected chi connectivity index (χ0v) is 19.3. The van der Waals surface area contributed by atoms with Crippen LogP contribution in [0.1, 0.15) is 17.5 Å². The van der Waals surface area contributed by atoms with Crippen LogP contribution < -0.4 is 14.2 Å². The molecule has 2 aromatic carbocycles. The van der Waals surface area contributed by atoms with Gasteiger partial charge in [0.1, 0.15) is 25.1 Å². The van der Waals surface area contributed by atoms with Crippen LogP contribution in [0.2, 0.25) is 0 Å². The number of carbonyl (C=O) groups is 1. The second kappa shape index (κ2) is 14.9. The fraction of sp³-hybridized carbons (Fsp3) is 0.458. The molecule has 0 unspecified atom stereocenters. The van der Waals surface area contributed by atoms with Gasteiger partial charge in [0.15, 0.2) is 11.5 Å². The van der Waals surface area contributed by atoms with E-state index < -0.39 is 0 Å². The predicted octanol–water partition coefficient (Wildman–Crippen LogP) is 3.10.